The fourth-order valence-electron chi connectivity index (χ4n) is 1.87. The highest BCUT2D eigenvalue weighted by Crippen LogP contribution is 2.02. The van der Waals surface area contributed by atoms with E-state index >= 15 is 0 Å². The number of imidazole rings is 1. The monoisotopic (exact) mass is 278 g/mol. The summed E-state index contributed by atoms with van der Waals surface area (Å²) in [4.78, 5) is 19.0. The zero-order valence-corrected chi connectivity index (χ0v) is 11.5. The Morgan fingerprint density at radius 3 is 3.05 bits per heavy atom. The highest BCUT2D eigenvalue weighted by Gasteiger charge is 2.12. The van der Waals surface area contributed by atoms with Crippen molar-refractivity contribution < 1.29 is 9.32 Å². The SMILES string of the molecule is CCc1nccn1C[C@@H](C)NCc1noc(C(N)=O)n1. The van der Waals surface area contributed by atoms with Crippen LogP contribution in [-0.4, -0.2) is 31.6 Å². The average Bonchev–Trinajstić information content (AvgIpc) is 3.04. The maximum atomic E-state index is 10.8. The highest BCUT2D eigenvalue weighted by molar-refractivity contribution is 5.87. The first kappa shape index (κ1) is 14.2. The zero-order valence-electron chi connectivity index (χ0n) is 11.5. The van der Waals surface area contributed by atoms with E-state index in [4.69, 9.17) is 10.3 Å². The van der Waals surface area contributed by atoms with Crippen molar-refractivity contribution in [3.8, 4) is 0 Å². The highest BCUT2D eigenvalue weighted by atomic mass is 16.5. The summed E-state index contributed by atoms with van der Waals surface area (Å²) in [6, 6.07) is 0.199. The summed E-state index contributed by atoms with van der Waals surface area (Å²) in [5, 5.41) is 6.93. The summed E-state index contributed by atoms with van der Waals surface area (Å²) in [5.41, 5.74) is 5.04. The summed E-state index contributed by atoms with van der Waals surface area (Å²) in [5.74, 6) is 0.571. The Morgan fingerprint density at radius 2 is 2.40 bits per heavy atom. The van der Waals surface area contributed by atoms with Crippen molar-refractivity contribution in [2.24, 2.45) is 5.73 Å². The predicted molar refractivity (Wildman–Crippen MR) is 70.7 cm³/mol. The van der Waals surface area contributed by atoms with Gasteiger partial charge in [-0.05, 0) is 6.92 Å². The van der Waals surface area contributed by atoms with Crippen molar-refractivity contribution in [2.75, 3.05) is 0 Å². The molecule has 0 aliphatic rings. The molecule has 0 saturated carbocycles. The Kier molecular flexibility index (Phi) is 4.46. The number of carbonyl (C=O) groups is 1. The molecule has 2 heterocycles. The Labute approximate surface area is 116 Å². The number of aromatic nitrogens is 4. The largest absolute Gasteiger partial charge is 0.361 e. The maximum absolute atomic E-state index is 10.8. The van der Waals surface area contributed by atoms with Crippen LogP contribution >= 0.6 is 0 Å². The van der Waals surface area contributed by atoms with Crippen LogP contribution in [0.5, 0.6) is 0 Å². The van der Waals surface area contributed by atoms with Crippen LogP contribution in [0.2, 0.25) is 0 Å². The van der Waals surface area contributed by atoms with Crippen LogP contribution in [0.25, 0.3) is 0 Å². The van der Waals surface area contributed by atoms with Crippen LogP contribution in [0, 0.1) is 0 Å². The van der Waals surface area contributed by atoms with Gasteiger partial charge in [-0.15, -0.1) is 0 Å². The molecule has 0 saturated heterocycles. The molecule has 2 aromatic heterocycles. The van der Waals surface area contributed by atoms with E-state index in [1.165, 1.54) is 0 Å². The molecule has 0 bridgehead atoms. The molecule has 8 heteroatoms. The van der Waals surface area contributed by atoms with Gasteiger partial charge < -0.3 is 20.1 Å². The zero-order chi connectivity index (χ0) is 14.5. The molecule has 0 radical (unpaired) electrons. The van der Waals surface area contributed by atoms with E-state index in [0.29, 0.717) is 12.4 Å². The third kappa shape index (κ3) is 3.41. The lowest BCUT2D eigenvalue weighted by molar-refractivity contribution is 0.0958. The predicted octanol–water partition coefficient (Wildman–Crippen LogP) is 0.106. The Morgan fingerprint density at radius 1 is 1.60 bits per heavy atom. The molecule has 0 unspecified atom stereocenters. The van der Waals surface area contributed by atoms with Crippen LogP contribution in [0.15, 0.2) is 16.9 Å². The van der Waals surface area contributed by atoms with Gasteiger partial charge >= 0.3 is 11.8 Å². The number of rotatable bonds is 7. The lowest BCUT2D eigenvalue weighted by atomic mass is 10.3. The number of carbonyl (C=O) groups excluding carboxylic acids is 1. The number of primary amides is 1. The van der Waals surface area contributed by atoms with Crippen LogP contribution in [0.4, 0.5) is 0 Å². The molecule has 0 aromatic carbocycles. The molecule has 1 amide bonds. The molecular weight excluding hydrogens is 260 g/mol. The number of nitrogens with two attached hydrogens (primary N) is 1. The maximum Gasteiger partial charge on any atom is 0.315 e. The third-order valence-electron chi connectivity index (χ3n) is 2.88. The van der Waals surface area contributed by atoms with Crippen molar-refractivity contribution in [2.45, 2.75) is 39.4 Å². The molecule has 2 aromatic rings. The molecule has 0 aliphatic heterocycles. The molecule has 3 N–H and O–H groups in total. The quantitative estimate of drug-likeness (QED) is 0.743. The smallest absolute Gasteiger partial charge is 0.315 e. The van der Waals surface area contributed by atoms with Crippen molar-refractivity contribution in [1.82, 2.24) is 25.0 Å². The van der Waals surface area contributed by atoms with Gasteiger partial charge in [0.1, 0.15) is 5.82 Å². The molecule has 1 atom stereocenters. The minimum absolute atomic E-state index is 0.169. The minimum atomic E-state index is -0.720. The number of amides is 1. The van der Waals surface area contributed by atoms with Gasteiger partial charge in [0.15, 0.2) is 5.82 Å². The van der Waals surface area contributed by atoms with Gasteiger partial charge in [0.2, 0.25) is 0 Å². The molecule has 0 fully saturated rings. The normalized spacial score (nSPS) is 12.5. The summed E-state index contributed by atoms with van der Waals surface area (Å²) in [6.45, 7) is 5.33. The van der Waals surface area contributed by atoms with Gasteiger partial charge in [-0.3, -0.25) is 4.79 Å². The number of nitrogens with zero attached hydrogens (tertiary/aromatic N) is 4. The van der Waals surface area contributed by atoms with Crippen LogP contribution < -0.4 is 11.1 Å². The van der Waals surface area contributed by atoms with Gasteiger partial charge in [-0.1, -0.05) is 12.1 Å². The Hall–Kier alpha value is -2.22. The fourth-order valence-corrected chi connectivity index (χ4v) is 1.87. The molecule has 8 nitrogen and oxygen atoms in total. The van der Waals surface area contributed by atoms with E-state index < -0.39 is 5.91 Å². The van der Waals surface area contributed by atoms with Crippen LogP contribution in [0.1, 0.15) is 36.2 Å². The van der Waals surface area contributed by atoms with E-state index in [0.717, 1.165) is 18.8 Å². The minimum Gasteiger partial charge on any atom is -0.361 e. The van der Waals surface area contributed by atoms with Gasteiger partial charge in [0, 0.05) is 31.4 Å². The third-order valence-corrected chi connectivity index (χ3v) is 2.88. The van der Waals surface area contributed by atoms with Crippen molar-refractivity contribution in [1.29, 1.82) is 0 Å². The number of hydrogen-bond acceptors (Lipinski definition) is 6. The molecule has 0 spiro atoms. The molecule has 108 valence electrons. The average molecular weight is 278 g/mol. The van der Waals surface area contributed by atoms with Gasteiger partial charge in [0.25, 0.3) is 0 Å². The van der Waals surface area contributed by atoms with Gasteiger partial charge in [-0.2, -0.15) is 4.98 Å². The van der Waals surface area contributed by atoms with E-state index in [-0.39, 0.29) is 11.9 Å². The second-order valence-corrected chi connectivity index (χ2v) is 4.51. The summed E-state index contributed by atoms with van der Waals surface area (Å²) >= 11 is 0. The van der Waals surface area contributed by atoms with Crippen LogP contribution in [0.3, 0.4) is 0 Å². The molecule has 20 heavy (non-hydrogen) atoms. The van der Waals surface area contributed by atoms with Crippen molar-refractivity contribution >= 4 is 5.91 Å². The van der Waals surface area contributed by atoms with Gasteiger partial charge in [0.05, 0.1) is 6.54 Å². The lowest BCUT2D eigenvalue weighted by Crippen LogP contribution is -2.30. The summed E-state index contributed by atoms with van der Waals surface area (Å²) in [6.07, 6.45) is 4.65. The van der Waals surface area contributed by atoms with Gasteiger partial charge in [-0.25, -0.2) is 4.98 Å². The van der Waals surface area contributed by atoms with Crippen molar-refractivity contribution in [3.05, 3.63) is 29.9 Å². The lowest BCUT2D eigenvalue weighted by Gasteiger charge is -2.14. The molecular formula is C12H18N6O2. The van der Waals surface area contributed by atoms with E-state index in [9.17, 15) is 4.79 Å². The number of aryl methyl sites for hydroxylation is 1. The Bertz CT molecular complexity index is 576. The molecule has 0 aliphatic carbocycles. The standard InChI is InChI=1S/C12H18N6O2/c1-3-10-14-4-5-18(10)7-8(2)15-6-9-16-12(11(13)19)20-17-9/h4-5,8,15H,3,6-7H2,1-2H3,(H2,13,19)/t8-/m1/s1. The van der Waals surface area contributed by atoms with E-state index in [1.54, 1.807) is 6.20 Å². The summed E-state index contributed by atoms with van der Waals surface area (Å²) < 4.78 is 6.81. The summed E-state index contributed by atoms with van der Waals surface area (Å²) in [7, 11) is 0. The second-order valence-electron chi connectivity index (χ2n) is 4.51. The van der Waals surface area contributed by atoms with E-state index in [2.05, 4.69) is 38.9 Å². The van der Waals surface area contributed by atoms with E-state index in [1.807, 2.05) is 6.20 Å². The first-order valence-corrected chi connectivity index (χ1v) is 6.46. The molecule has 2 rings (SSSR count). The second kappa shape index (κ2) is 6.29. The number of nitrogens with one attached hydrogen (secondary N) is 1. The number of hydrogen-bond donors (Lipinski definition) is 2. The van der Waals surface area contributed by atoms with Crippen molar-refractivity contribution in [3.63, 3.8) is 0 Å². The first-order valence-electron chi connectivity index (χ1n) is 6.46. The topological polar surface area (TPSA) is 112 Å². The fraction of sp³-hybridized carbons (Fsp3) is 0.500. The first-order chi connectivity index (χ1) is 9.60. The Balaban J connectivity index is 1.85. The van der Waals surface area contributed by atoms with Crippen LogP contribution in [-0.2, 0) is 19.5 Å².